The maximum absolute atomic E-state index is 11.6. The van der Waals surface area contributed by atoms with Crippen molar-refractivity contribution >= 4 is 18.0 Å². The van der Waals surface area contributed by atoms with Crippen molar-refractivity contribution in [3.05, 3.63) is 40.7 Å². The van der Waals surface area contributed by atoms with Gasteiger partial charge in [-0.2, -0.15) is 0 Å². The summed E-state index contributed by atoms with van der Waals surface area (Å²) in [6, 6.07) is 3.49. The average molecular weight is 193 g/mol. The van der Waals surface area contributed by atoms with Crippen molar-refractivity contribution < 1.29 is 4.79 Å². The lowest BCUT2D eigenvalue weighted by atomic mass is 10.2. The van der Waals surface area contributed by atoms with Crippen LogP contribution in [0.3, 0.4) is 0 Å². The summed E-state index contributed by atoms with van der Waals surface area (Å²) in [4.78, 5) is 19.9. The van der Waals surface area contributed by atoms with Gasteiger partial charge in [0.25, 0.3) is 0 Å². The molecule has 0 fully saturated rings. The van der Waals surface area contributed by atoms with Crippen molar-refractivity contribution in [3.63, 3.8) is 0 Å². The molecule has 2 rings (SSSR count). The van der Waals surface area contributed by atoms with E-state index in [0.29, 0.717) is 16.2 Å². The van der Waals surface area contributed by atoms with Gasteiger partial charge in [0.2, 0.25) is 5.78 Å². The van der Waals surface area contributed by atoms with Gasteiger partial charge in [-0.05, 0) is 24.4 Å². The molecule has 2 aromatic heterocycles. The monoisotopic (exact) mass is 193 g/mol. The van der Waals surface area contributed by atoms with Crippen molar-refractivity contribution in [2.75, 3.05) is 0 Å². The molecule has 2 aromatic rings. The predicted octanol–water partition coefficient (Wildman–Crippen LogP) is 1.63. The van der Waals surface area contributed by atoms with Gasteiger partial charge in [0, 0.05) is 12.4 Å². The number of H-pyrrole nitrogens is 3. The summed E-state index contributed by atoms with van der Waals surface area (Å²) in [5, 5.41) is 0. The van der Waals surface area contributed by atoms with E-state index in [-0.39, 0.29) is 5.78 Å². The van der Waals surface area contributed by atoms with E-state index in [1.54, 1.807) is 24.5 Å². The summed E-state index contributed by atoms with van der Waals surface area (Å²) in [6.07, 6.45) is 3.26. The van der Waals surface area contributed by atoms with Crippen LogP contribution in [0.25, 0.3) is 0 Å². The van der Waals surface area contributed by atoms with Gasteiger partial charge in [-0.1, -0.05) is 0 Å². The highest BCUT2D eigenvalue weighted by molar-refractivity contribution is 7.71. The van der Waals surface area contributed by atoms with Crippen LogP contribution in [-0.2, 0) is 0 Å². The second kappa shape index (κ2) is 3.02. The molecule has 0 aromatic carbocycles. The highest BCUT2D eigenvalue weighted by Gasteiger charge is 2.09. The largest absolute Gasteiger partial charge is 0.358 e. The fourth-order valence-corrected chi connectivity index (χ4v) is 1.24. The quantitative estimate of drug-likeness (QED) is 0.501. The van der Waals surface area contributed by atoms with Gasteiger partial charge in [0.05, 0.1) is 5.69 Å². The second-order valence-corrected chi connectivity index (χ2v) is 2.98. The van der Waals surface area contributed by atoms with Gasteiger partial charge in [-0.25, -0.2) is 0 Å². The number of carbonyl (C=O) groups excluding carboxylic acids is 1. The van der Waals surface area contributed by atoms with Crippen molar-refractivity contribution in [1.29, 1.82) is 0 Å². The Bertz CT molecular complexity index is 466. The third kappa shape index (κ3) is 1.46. The second-order valence-electron chi connectivity index (χ2n) is 2.57. The molecule has 5 heteroatoms. The Kier molecular flexibility index (Phi) is 1.86. The Balaban J connectivity index is 2.39. The van der Waals surface area contributed by atoms with E-state index in [4.69, 9.17) is 12.2 Å². The summed E-state index contributed by atoms with van der Waals surface area (Å²) < 4.78 is 0.454. The molecule has 4 nitrogen and oxygen atoms in total. The molecule has 0 aliphatic rings. The fourth-order valence-electron chi connectivity index (χ4n) is 1.07. The predicted molar refractivity (Wildman–Crippen MR) is 50.2 cm³/mol. The Morgan fingerprint density at radius 3 is 2.69 bits per heavy atom. The molecular weight excluding hydrogens is 186 g/mol. The molecule has 0 saturated heterocycles. The van der Waals surface area contributed by atoms with E-state index < -0.39 is 0 Å². The number of rotatable bonds is 2. The summed E-state index contributed by atoms with van der Waals surface area (Å²) in [5.74, 6) is -0.0997. The van der Waals surface area contributed by atoms with Crippen LogP contribution >= 0.6 is 12.2 Å². The minimum atomic E-state index is -0.0997. The molecular formula is C8H7N3OS. The number of hydrogen-bond donors (Lipinski definition) is 3. The number of aromatic nitrogens is 3. The van der Waals surface area contributed by atoms with Crippen LogP contribution in [0.2, 0.25) is 0 Å². The molecule has 0 spiro atoms. The van der Waals surface area contributed by atoms with E-state index in [0.717, 1.165) is 0 Å². The third-order valence-corrected chi connectivity index (χ3v) is 1.90. The van der Waals surface area contributed by atoms with Gasteiger partial charge in [-0.15, -0.1) is 0 Å². The van der Waals surface area contributed by atoms with Crippen LogP contribution < -0.4 is 0 Å². The zero-order chi connectivity index (χ0) is 9.26. The lowest BCUT2D eigenvalue weighted by molar-refractivity contribution is 0.103. The summed E-state index contributed by atoms with van der Waals surface area (Å²) in [5.41, 5.74) is 1.01. The molecule has 0 aliphatic carbocycles. The average Bonchev–Trinajstić information content (AvgIpc) is 2.72. The molecule has 3 N–H and O–H groups in total. The van der Waals surface area contributed by atoms with Crippen molar-refractivity contribution in [1.82, 2.24) is 15.0 Å². The Morgan fingerprint density at radius 1 is 1.31 bits per heavy atom. The van der Waals surface area contributed by atoms with Crippen LogP contribution in [0.15, 0.2) is 24.5 Å². The fraction of sp³-hybridized carbons (Fsp3) is 0. The smallest absolute Gasteiger partial charge is 0.226 e. The molecule has 0 bridgehead atoms. The summed E-state index contributed by atoms with van der Waals surface area (Å²) in [6.45, 7) is 0. The molecule has 0 radical (unpaired) electrons. The molecule has 0 unspecified atom stereocenters. The number of nitrogens with one attached hydrogen (secondary N) is 3. The van der Waals surface area contributed by atoms with Gasteiger partial charge in [-0.3, -0.25) is 4.79 Å². The number of aromatic amines is 3. The van der Waals surface area contributed by atoms with Crippen molar-refractivity contribution in [3.8, 4) is 0 Å². The maximum Gasteiger partial charge on any atom is 0.226 e. The van der Waals surface area contributed by atoms with Gasteiger partial charge in [0.1, 0.15) is 5.69 Å². The standard InChI is InChI=1S/C8H7N3OS/c12-7(5-2-1-3-9-5)6-4-10-8(13)11-6/h1-4,9H,(H2,10,11,13). The maximum atomic E-state index is 11.6. The minimum absolute atomic E-state index is 0.0997. The summed E-state index contributed by atoms with van der Waals surface area (Å²) >= 11 is 4.81. The van der Waals surface area contributed by atoms with E-state index in [1.807, 2.05) is 0 Å². The van der Waals surface area contributed by atoms with Gasteiger partial charge in [0.15, 0.2) is 4.77 Å². The lowest BCUT2D eigenvalue weighted by Gasteiger charge is -1.91. The van der Waals surface area contributed by atoms with E-state index in [1.165, 1.54) is 0 Å². The molecule has 0 aliphatic heterocycles. The van der Waals surface area contributed by atoms with Gasteiger partial charge >= 0.3 is 0 Å². The van der Waals surface area contributed by atoms with Crippen LogP contribution in [-0.4, -0.2) is 20.7 Å². The first-order valence-corrected chi connectivity index (χ1v) is 4.14. The zero-order valence-corrected chi connectivity index (χ0v) is 7.44. The van der Waals surface area contributed by atoms with E-state index in [9.17, 15) is 4.79 Å². The normalized spacial score (nSPS) is 10.2. The lowest BCUT2D eigenvalue weighted by Crippen LogP contribution is -2.01. The van der Waals surface area contributed by atoms with Crippen LogP contribution in [0.4, 0.5) is 0 Å². The first-order chi connectivity index (χ1) is 6.27. The SMILES string of the molecule is O=C(c1ccc[nH]1)c1c[nH]c(=S)[nH]1. The van der Waals surface area contributed by atoms with Crippen LogP contribution in [0, 0.1) is 4.77 Å². The molecule has 66 valence electrons. The van der Waals surface area contributed by atoms with E-state index >= 15 is 0 Å². The number of ketones is 1. The van der Waals surface area contributed by atoms with E-state index in [2.05, 4.69) is 15.0 Å². The number of carbonyl (C=O) groups is 1. The highest BCUT2D eigenvalue weighted by Crippen LogP contribution is 2.03. The number of imidazole rings is 1. The topological polar surface area (TPSA) is 64.4 Å². The van der Waals surface area contributed by atoms with Crippen LogP contribution in [0.1, 0.15) is 16.2 Å². The molecule has 0 amide bonds. The molecule has 0 atom stereocenters. The first-order valence-electron chi connectivity index (χ1n) is 3.73. The molecule has 0 saturated carbocycles. The zero-order valence-electron chi connectivity index (χ0n) is 6.63. The summed E-state index contributed by atoms with van der Waals surface area (Å²) in [7, 11) is 0. The third-order valence-electron chi connectivity index (χ3n) is 1.68. The Labute approximate surface area is 79.0 Å². The molecule has 2 heterocycles. The first kappa shape index (κ1) is 8.00. The molecule has 13 heavy (non-hydrogen) atoms. The van der Waals surface area contributed by atoms with Crippen molar-refractivity contribution in [2.45, 2.75) is 0 Å². The number of hydrogen-bond acceptors (Lipinski definition) is 2. The minimum Gasteiger partial charge on any atom is -0.358 e. The Hall–Kier alpha value is -1.62. The Morgan fingerprint density at radius 2 is 2.15 bits per heavy atom. The van der Waals surface area contributed by atoms with Crippen molar-refractivity contribution in [2.24, 2.45) is 0 Å². The highest BCUT2D eigenvalue weighted by atomic mass is 32.1. The van der Waals surface area contributed by atoms with Crippen LogP contribution in [0.5, 0.6) is 0 Å². The van der Waals surface area contributed by atoms with Gasteiger partial charge < -0.3 is 15.0 Å².